The number of nitrogen functional groups attached to an aromatic ring is 1. The zero-order valence-corrected chi connectivity index (χ0v) is 12.4. The molecule has 96 valence electrons. The summed E-state index contributed by atoms with van der Waals surface area (Å²) in [7, 11) is 0. The summed E-state index contributed by atoms with van der Waals surface area (Å²) in [6.45, 7) is 2.04. The van der Waals surface area contributed by atoms with Crippen LogP contribution in [0.5, 0.6) is 0 Å². The van der Waals surface area contributed by atoms with E-state index in [0.29, 0.717) is 26.2 Å². The molecule has 2 aromatic carbocycles. The van der Waals surface area contributed by atoms with E-state index in [1.165, 1.54) is 5.56 Å². The topological polar surface area (TPSA) is 56.7 Å². The minimum absolute atomic E-state index is 0.468. The molecule has 0 spiro atoms. The van der Waals surface area contributed by atoms with Crippen molar-refractivity contribution in [2.75, 3.05) is 5.73 Å². The first-order valence-corrected chi connectivity index (χ1v) is 6.81. The summed E-state index contributed by atoms with van der Waals surface area (Å²) in [5, 5.41) is 9.31. The summed E-state index contributed by atoms with van der Waals surface area (Å²) >= 11 is 9.44. The molecule has 0 atom stereocenters. The van der Waals surface area contributed by atoms with Crippen molar-refractivity contribution < 1.29 is 0 Å². The highest BCUT2D eigenvalue weighted by Gasteiger charge is 2.13. The molecule has 0 bridgehead atoms. The highest BCUT2D eigenvalue weighted by Crippen LogP contribution is 2.33. The lowest BCUT2D eigenvalue weighted by molar-refractivity contribution is 0.765. The number of rotatable bonds is 1. The molecule has 4 nitrogen and oxygen atoms in total. The Kier molecular flexibility index (Phi) is 2.95. The molecule has 2 N–H and O–H groups in total. The van der Waals surface area contributed by atoms with Gasteiger partial charge in [0.2, 0.25) is 0 Å². The fourth-order valence-electron chi connectivity index (χ4n) is 1.80. The molecule has 0 amide bonds. The number of hydrogen-bond donors (Lipinski definition) is 1. The molecule has 0 aliphatic carbocycles. The predicted molar refractivity (Wildman–Crippen MR) is 80.7 cm³/mol. The molecule has 6 heteroatoms. The van der Waals surface area contributed by atoms with Crippen LogP contribution in [0.4, 0.5) is 5.69 Å². The van der Waals surface area contributed by atoms with Crippen LogP contribution in [0.25, 0.3) is 16.7 Å². The maximum absolute atomic E-state index is 6.04. The van der Waals surface area contributed by atoms with E-state index in [1.54, 1.807) is 10.9 Å². The molecular formula is C13H10BrClN4. The average Bonchev–Trinajstić information content (AvgIpc) is 2.81. The Balaban J connectivity index is 2.22. The van der Waals surface area contributed by atoms with Gasteiger partial charge in [-0.2, -0.15) is 4.80 Å². The molecule has 0 saturated heterocycles. The lowest BCUT2D eigenvalue weighted by Crippen LogP contribution is -1.97. The number of anilines is 1. The van der Waals surface area contributed by atoms with Crippen molar-refractivity contribution in [3.8, 4) is 5.69 Å². The normalized spacial score (nSPS) is 11.1. The van der Waals surface area contributed by atoms with E-state index in [9.17, 15) is 0 Å². The fraction of sp³-hybridized carbons (Fsp3) is 0.0769. The Morgan fingerprint density at radius 3 is 2.58 bits per heavy atom. The molecule has 3 aromatic rings. The van der Waals surface area contributed by atoms with Gasteiger partial charge in [0, 0.05) is 0 Å². The lowest BCUT2D eigenvalue weighted by Gasteiger charge is -1.99. The van der Waals surface area contributed by atoms with E-state index >= 15 is 0 Å². The minimum atomic E-state index is 0.468. The van der Waals surface area contributed by atoms with E-state index in [0.717, 1.165) is 5.69 Å². The van der Waals surface area contributed by atoms with Gasteiger partial charge in [-0.1, -0.05) is 29.3 Å². The number of nitrogens with zero attached hydrogens (tertiary/aromatic N) is 3. The van der Waals surface area contributed by atoms with Crippen LogP contribution in [-0.4, -0.2) is 15.0 Å². The first-order valence-electron chi connectivity index (χ1n) is 5.64. The van der Waals surface area contributed by atoms with Crippen LogP contribution in [-0.2, 0) is 0 Å². The van der Waals surface area contributed by atoms with Crippen molar-refractivity contribution in [2.45, 2.75) is 6.92 Å². The molecule has 19 heavy (non-hydrogen) atoms. The fourth-order valence-corrected chi connectivity index (χ4v) is 2.60. The molecule has 0 saturated carbocycles. The molecule has 0 aliphatic heterocycles. The zero-order valence-electron chi connectivity index (χ0n) is 10.1. The van der Waals surface area contributed by atoms with Gasteiger partial charge in [0.15, 0.2) is 0 Å². The number of fused-ring (bicyclic) bond motifs is 1. The Labute approximate surface area is 123 Å². The standard InChI is InChI=1S/C13H10BrClN4/c1-7-2-4-8(5-3-7)19-17-10-6-9(15)12(16)11(14)13(10)18-19/h2-6H,16H2,1H3. The van der Waals surface area contributed by atoms with Gasteiger partial charge in [0.25, 0.3) is 0 Å². The van der Waals surface area contributed by atoms with Crippen LogP contribution in [0.1, 0.15) is 5.56 Å². The Morgan fingerprint density at radius 1 is 1.21 bits per heavy atom. The van der Waals surface area contributed by atoms with E-state index in [2.05, 4.69) is 26.1 Å². The van der Waals surface area contributed by atoms with E-state index in [-0.39, 0.29) is 0 Å². The van der Waals surface area contributed by atoms with Crippen molar-refractivity contribution in [2.24, 2.45) is 0 Å². The Bertz CT molecular complexity index is 764. The number of nitrogens with two attached hydrogens (primary N) is 1. The highest BCUT2D eigenvalue weighted by molar-refractivity contribution is 9.10. The maximum atomic E-state index is 6.04. The molecule has 0 radical (unpaired) electrons. The Hall–Kier alpha value is -1.59. The van der Waals surface area contributed by atoms with Crippen molar-refractivity contribution in [1.29, 1.82) is 0 Å². The van der Waals surface area contributed by atoms with Crippen molar-refractivity contribution in [3.63, 3.8) is 0 Å². The molecule has 3 rings (SSSR count). The highest BCUT2D eigenvalue weighted by atomic mass is 79.9. The van der Waals surface area contributed by atoms with Crippen LogP contribution in [0.15, 0.2) is 34.8 Å². The molecule has 0 aliphatic rings. The van der Waals surface area contributed by atoms with Gasteiger partial charge in [-0.15, -0.1) is 10.2 Å². The monoisotopic (exact) mass is 336 g/mol. The molecule has 0 fully saturated rings. The largest absolute Gasteiger partial charge is 0.397 e. The lowest BCUT2D eigenvalue weighted by atomic mass is 10.2. The van der Waals surface area contributed by atoms with Crippen LogP contribution in [0, 0.1) is 6.92 Å². The summed E-state index contributed by atoms with van der Waals surface area (Å²) in [6, 6.07) is 9.67. The van der Waals surface area contributed by atoms with E-state index in [1.807, 2.05) is 31.2 Å². The summed E-state index contributed by atoms with van der Waals surface area (Å²) in [5.74, 6) is 0. The number of hydrogen-bond acceptors (Lipinski definition) is 3. The summed E-state index contributed by atoms with van der Waals surface area (Å²) in [6.07, 6.45) is 0. The van der Waals surface area contributed by atoms with Gasteiger partial charge in [-0.3, -0.25) is 0 Å². The number of aromatic nitrogens is 3. The van der Waals surface area contributed by atoms with Crippen LogP contribution >= 0.6 is 27.5 Å². The van der Waals surface area contributed by atoms with Crippen molar-refractivity contribution in [1.82, 2.24) is 15.0 Å². The smallest absolute Gasteiger partial charge is 0.130 e. The summed E-state index contributed by atoms with van der Waals surface area (Å²) < 4.78 is 0.674. The third-order valence-corrected chi connectivity index (χ3v) is 3.99. The second-order valence-corrected chi connectivity index (χ2v) is 5.48. The third kappa shape index (κ3) is 2.09. The molecule has 1 heterocycles. The van der Waals surface area contributed by atoms with Crippen molar-refractivity contribution in [3.05, 3.63) is 45.4 Å². The second kappa shape index (κ2) is 4.51. The summed E-state index contributed by atoms with van der Waals surface area (Å²) in [4.78, 5) is 1.57. The van der Waals surface area contributed by atoms with E-state index in [4.69, 9.17) is 17.3 Å². The van der Waals surface area contributed by atoms with E-state index < -0.39 is 0 Å². The Morgan fingerprint density at radius 2 is 1.89 bits per heavy atom. The molecule has 0 unspecified atom stereocenters. The maximum Gasteiger partial charge on any atom is 0.130 e. The van der Waals surface area contributed by atoms with Crippen molar-refractivity contribution >= 4 is 44.3 Å². The van der Waals surface area contributed by atoms with Gasteiger partial charge in [-0.25, -0.2) is 0 Å². The van der Waals surface area contributed by atoms with Crippen LogP contribution in [0.2, 0.25) is 5.02 Å². The molecule has 1 aromatic heterocycles. The minimum Gasteiger partial charge on any atom is -0.397 e. The first-order chi connectivity index (χ1) is 9.06. The van der Waals surface area contributed by atoms with Crippen LogP contribution in [0.3, 0.4) is 0 Å². The number of halogens is 2. The SMILES string of the molecule is Cc1ccc(-n2nc3cc(Cl)c(N)c(Br)c3n2)cc1. The first kappa shape index (κ1) is 12.4. The average molecular weight is 338 g/mol. The number of aryl methyl sites for hydroxylation is 1. The van der Waals surface area contributed by atoms with Gasteiger partial charge >= 0.3 is 0 Å². The van der Waals surface area contributed by atoms with Gasteiger partial charge in [-0.05, 0) is 41.1 Å². The quantitative estimate of drug-likeness (QED) is 0.688. The van der Waals surface area contributed by atoms with Crippen LogP contribution < -0.4 is 5.73 Å². The number of benzene rings is 2. The van der Waals surface area contributed by atoms with Gasteiger partial charge < -0.3 is 5.73 Å². The second-order valence-electron chi connectivity index (χ2n) is 4.28. The summed E-state index contributed by atoms with van der Waals surface area (Å²) in [5.41, 5.74) is 9.82. The van der Waals surface area contributed by atoms with Gasteiger partial charge in [0.05, 0.1) is 20.9 Å². The third-order valence-electron chi connectivity index (χ3n) is 2.87. The zero-order chi connectivity index (χ0) is 13.6. The van der Waals surface area contributed by atoms with Gasteiger partial charge in [0.1, 0.15) is 11.0 Å². The molecular weight excluding hydrogens is 328 g/mol. The predicted octanol–water partition coefficient (Wildman–Crippen LogP) is 3.73.